The first-order valence-corrected chi connectivity index (χ1v) is 10.2. The zero-order valence-electron chi connectivity index (χ0n) is 18.7. The second-order valence-electron chi connectivity index (χ2n) is 7.50. The van der Waals surface area contributed by atoms with Crippen LogP contribution < -0.4 is 14.8 Å². The number of para-hydroxylation sites is 1. The number of H-pyrrole nitrogens is 1. The van der Waals surface area contributed by atoms with Crippen LogP contribution in [-0.2, 0) is 13.1 Å². The van der Waals surface area contributed by atoms with E-state index in [0.29, 0.717) is 22.3 Å². The quantitative estimate of drug-likeness (QED) is 0.408. The summed E-state index contributed by atoms with van der Waals surface area (Å²) in [7, 11) is 4.29. The molecule has 0 saturated heterocycles. The van der Waals surface area contributed by atoms with E-state index in [2.05, 4.69) is 25.3 Å². The number of carbonyl (C=O) groups excluding carboxylic acids is 1. The van der Waals surface area contributed by atoms with Crippen LogP contribution in [0.4, 0.5) is 14.7 Å². The van der Waals surface area contributed by atoms with E-state index in [9.17, 15) is 13.6 Å². The molecule has 0 aliphatic carbocycles. The Morgan fingerprint density at radius 3 is 2.47 bits per heavy atom. The van der Waals surface area contributed by atoms with Crippen LogP contribution >= 0.6 is 0 Å². The Bertz CT molecular complexity index is 1310. The minimum atomic E-state index is -0.789. The minimum Gasteiger partial charge on any atom is -0.494 e. The van der Waals surface area contributed by atoms with Gasteiger partial charge in [0.2, 0.25) is 5.95 Å². The molecule has 0 spiro atoms. The predicted octanol–water partition coefficient (Wildman–Crippen LogP) is 3.53. The van der Waals surface area contributed by atoms with Crippen molar-refractivity contribution in [2.75, 3.05) is 26.6 Å². The molecule has 176 valence electrons. The summed E-state index contributed by atoms with van der Waals surface area (Å²) in [4.78, 5) is 30.0. The predicted molar refractivity (Wildman–Crippen MR) is 121 cm³/mol. The Hall–Kier alpha value is -4.12. The van der Waals surface area contributed by atoms with Gasteiger partial charge in [-0.3, -0.25) is 25.0 Å². The second kappa shape index (κ2) is 9.79. The number of hydrogen-bond acceptors (Lipinski definition) is 7. The molecule has 0 saturated carbocycles. The Kier molecular flexibility index (Phi) is 6.64. The first kappa shape index (κ1) is 23.1. The van der Waals surface area contributed by atoms with Gasteiger partial charge in [-0.15, -0.1) is 0 Å². The standard InChI is InChI=1S/C23H22F2N6O3/c1-31(12-15-19(24)17(33-2)9-18(34-3)20(15)25)11-13-10-28-23(29-13)30-22(32)14-5-4-6-16-21(14)27-8-7-26-16/h4-10H,11-12H2,1-3H3,(H2,28,29,30,32). The van der Waals surface area contributed by atoms with Crippen molar-refractivity contribution < 1.29 is 23.0 Å². The van der Waals surface area contributed by atoms with Crippen LogP contribution in [0.2, 0.25) is 0 Å². The molecule has 2 heterocycles. The maximum absolute atomic E-state index is 14.6. The number of benzene rings is 2. The summed E-state index contributed by atoms with van der Waals surface area (Å²) < 4.78 is 39.3. The van der Waals surface area contributed by atoms with Crippen molar-refractivity contribution in [1.82, 2.24) is 24.8 Å². The van der Waals surface area contributed by atoms with Gasteiger partial charge in [-0.2, -0.15) is 0 Å². The second-order valence-corrected chi connectivity index (χ2v) is 7.50. The molecule has 1 amide bonds. The zero-order chi connectivity index (χ0) is 24.2. The van der Waals surface area contributed by atoms with Crippen LogP contribution in [-0.4, -0.2) is 52.0 Å². The van der Waals surface area contributed by atoms with Crippen molar-refractivity contribution in [3.63, 3.8) is 0 Å². The number of aromatic nitrogens is 4. The van der Waals surface area contributed by atoms with E-state index in [1.807, 2.05) is 0 Å². The fourth-order valence-corrected chi connectivity index (χ4v) is 3.55. The van der Waals surface area contributed by atoms with Crippen LogP contribution in [0.1, 0.15) is 21.6 Å². The topological polar surface area (TPSA) is 105 Å². The number of nitrogens with one attached hydrogen (secondary N) is 2. The van der Waals surface area contributed by atoms with Crippen molar-refractivity contribution in [1.29, 1.82) is 0 Å². The number of ether oxygens (including phenoxy) is 2. The molecule has 2 N–H and O–H groups in total. The smallest absolute Gasteiger partial charge is 0.260 e. The van der Waals surface area contributed by atoms with Gasteiger partial charge >= 0.3 is 0 Å². The third-order valence-electron chi connectivity index (χ3n) is 5.14. The van der Waals surface area contributed by atoms with Crippen LogP contribution in [0.15, 0.2) is 42.9 Å². The Labute approximate surface area is 193 Å². The van der Waals surface area contributed by atoms with Gasteiger partial charge in [-0.05, 0) is 19.2 Å². The van der Waals surface area contributed by atoms with E-state index in [-0.39, 0.29) is 36.1 Å². The van der Waals surface area contributed by atoms with E-state index in [0.717, 1.165) is 0 Å². The largest absolute Gasteiger partial charge is 0.494 e. The molecule has 0 aliphatic heterocycles. The average molecular weight is 468 g/mol. The van der Waals surface area contributed by atoms with Crippen LogP contribution in [0, 0.1) is 11.6 Å². The number of amides is 1. The highest BCUT2D eigenvalue weighted by Gasteiger charge is 2.21. The molecular weight excluding hydrogens is 446 g/mol. The number of hydrogen-bond donors (Lipinski definition) is 2. The van der Waals surface area contributed by atoms with Crippen LogP contribution in [0.3, 0.4) is 0 Å². The normalized spacial score (nSPS) is 11.1. The molecule has 2 aromatic heterocycles. The number of carbonyl (C=O) groups is 1. The SMILES string of the molecule is COc1cc(OC)c(F)c(CN(C)Cc2cnc(NC(=O)c3cccc4nccnc34)[nH]2)c1F. The number of imidazole rings is 1. The average Bonchev–Trinajstić information content (AvgIpc) is 3.27. The molecular formula is C23H22F2N6O3. The molecule has 0 bridgehead atoms. The number of anilines is 1. The highest BCUT2D eigenvalue weighted by Crippen LogP contribution is 2.32. The molecule has 34 heavy (non-hydrogen) atoms. The highest BCUT2D eigenvalue weighted by atomic mass is 19.1. The van der Waals surface area contributed by atoms with Gasteiger partial charge in [0.1, 0.15) is 5.52 Å². The van der Waals surface area contributed by atoms with Crippen molar-refractivity contribution >= 4 is 22.9 Å². The molecule has 0 atom stereocenters. The lowest BCUT2D eigenvalue weighted by Gasteiger charge is -2.18. The summed E-state index contributed by atoms with van der Waals surface area (Å²) in [5.74, 6) is -1.95. The monoisotopic (exact) mass is 468 g/mol. The molecule has 0 radical (unpaired) electrons. The van der Waals surface area contributed by atoms with E-state index >= 15 is 0 Å². The molecule has 0 aliphatic rings. The number of methoxy groups -OCH3 is 2. The molecule has 4 aromatic rings. The van der Waals surface area contributed by atoms with Gasteiger partial charge in [-0.1, -0.05) is 6.07 Å². The molecule has 9 nitrogen and oxygen atoms in total. The summed E-state index contributed by atoms with van der Waals surface area (Å²) in [5, 5.41) is 2.70. The Morgan fingerprint density at radius 2 is 1.76 bits per heavy atom. The number of rotatable bonds is 8. The fraction of sp³-hybridized carbons (Fsp3) is 0.217. The maximum Gasteiger partial charge on any atom is 0.260 e. The van der Waals surface area contributed by atoms with Crippen LogP contribution in [0.5, 0.6) is 11.5 Å². The van der Waals surface area contributed by atoms with Gasteiger partial charge < -0.3 is 14.5 Å². The number of aromatic amines is 1. The third kappa shape index (κ3) is 4.64. The van der Waals surface area contributed by atoms with Crippen molar-refractivity contribution in [3.05, 3.63) is 71.3 Å². The van der Waals surface area contributed by atoms with E-state index in [4.69, 9.17) is 9.47 Å². The minimum absolute atomic E-state index is 0.0549. The number of halogens is 2. The first-order valence-electron chi connectivity index (χ1n) is 10.2. The molecule has 11 heteroatoms. The van der Waals surface area contributed by atoms with Gasteiger partial charge in [0.05, 0.1) is 37.2 Å². The lowest BCUT2D eigenvalue weighted by Crippen LogP contribution is -2.20. The summed E-state index contributed by atoms with van der Waals surface area (Å²) >= 11 is 0. The number of nitrogens with zero attached hydrogens (tertiary/aromatic N) is 4. The lowest BCUT2D eigenvalue weighted by molar-refractivity contribution is 0.102. The third-order valence-corrected chi connectivity index (χ3v) is 5.14. The zero-order valence-corrected chi connectivity index (χ0v) is 18.7. The van der Waals surface area contributed by atoms with Crippen molar-refractivity contribution in [2.45, 2.75) is 13.1 Å². The summed E-state index contributed by atoms with van der Waals surface area (Å²) in [6.45, 7) is 0.224. The summed E-state index contributed by atoms with van der Waals surface area (Å²) in [6.07, 6.45) is 4.61. The van der Waals surface area contributed by atoms with Crippen molar-refractivity contribution in [3.8, 4) is 11.5 Å². The first-order chi connectivity index (χ1) is 16.4. The molecule has 0 unspecified atom stereocenters. The van der Waals surface area contributed by atoms with Gasteiger partial charge in [0.25, 0.3) is 5.91 Å². The fourth-order valence-electron chi connectivity index (χ4n) is 3.55. The molecule has 4 rings (SSSR count). The number of fused-ring (bicyclic) bond motifs is 1. The van der Waals surface area contributed by atoms with Gasteiger partial charge in [0, 0.05) is 37.1 Å². The van der Waals surface area contributed by atoms with E-state index in [1.54, 1.807) is 36.3 Å². The molecule has 2 aromatic carbocycles. The Balaban J connectivity index is 1.46. The van der Waals surface area contributed by atoms with E-state index < -0.39 is 17.5 Å². The maximum atomic E-state index is 14.6. The van der Waals surface area contributed by atoms with Crippen molar-refractivity contribution in [2.24, 2.45) is 0 Å². The summed E-state index contributed by atoms with van der Waals surface area (Å²) in [5.41, 5.74) is 1.89. The lowest BCUT2D eigenvalue weighted by atomic mass is 10.1. The Morgan fingerprint density at radius 1 is 1.06 bits per heavy atom. The summed E-state index contributed by atoms with van der Waals surface area (Å²) in [6, 6.07) is 6.30. The van der Waals surface area contributed by atoms with Crippen LogP contribution in [0.25, 0.3) is 11.0 Å². The van der Waals surface area contributed by atoms with Gasteiger partial charge in [0.15, 0.2) is 23.1 Å². The van der Waals surface area contributed by atoms with Gasteiger partial charge in [-0.25, -0.2) is 13.8 Å². The van der Waals surface area contributed by atoms with E-state index in [1.165, 1.54) is 32.7 Å². The highest BCUT2D eigenvalue weighted by molar-refractivity contribution is 6.10. The molecule has 0 fully saturated rings.